The zero-order chi connectivity index (χ0) is 14.6. The van der Waals surface area contributed by atoms with E-state index >= 15 is 0 Å². The molecule has 0 aliphatic heterocycles. The van der Waals surface area contributed by atoms with Gasteiger partial charge in [0.1, 0.15) is 0 Å². The van der Waals surface area contributed by atoms with Crippen molar-refractivity contribution in [2.45, 2.75) is 52.9 Å². The standard InChI is InChI=1S/C13H20O2.C2H4O2/c1-13(2)10-7-6-9(11(13)8-10)4-3-5-12(14)15;1-2(3)4/h6,10-11H,3-5,7-8H2,1-2H3,(H,14,15);1H3,(H,3,4). The van der Waals surface area contributed by atoms with E-state index in [4.69, 9.17) is 15.0 Å². The Morgan fingerprint density at radius 2 is 1.95 bits per heavy atom. The molecular weight excluding hydrogens is 244 g/mol. The average molecular weight is 268 g/mol. The summed E-state index contributed by atoms with van der Waals surface area (Å²) < 4.78 is 0. The number of hydrogen-bond donors (Lipinski definition) is 2. The van der Waals surface area contributed by atoms with Gasteiger partial charge in [-0.1, -0.05) is 25.5 Å². The number of aliphatic carboxylic acids is 2. The van der Waals surface area contributed by atoms with Gasteiger partial charge in [-0.2, -0.15) is 0 Å². The van der Waals surface area contributed by atoms with Crippen LogP contribution < -0.4 is 0 Å². The Hall–Kier alpha value is -1.32. The third-order valence-electron chi connectivity index (χ3n) is 4.44. The zero-order valence-electron chi connectivity index (χ0n) is 12.0. The minimum absolute atomic E-state index is 0.313. The number of carboxylic acids is 2. The van der Waals surface area contributed by atoms with E-state index in [-0.39, 0.29) is 0 Å². The van der Waals surface area contributed by atoms with E-state index in [1.807, 2.05) is 0 Å². The molecule has 0 radical (unpaired) electrons. The number of carboxylic acid groups (broad SMARTS) is 2. The van der Waals surface area contributed by atoms with Gasteiger partial charge in [0.05, 0.1) is 0 Å². The van der Waals surface area contributed by atoms with Crippen molar-refractivity contribution in [3.05, 3.63) is 11.6 Å². The summed E-state index contributed by atoms with van der Waals surface area (Å²) in [5.41, 5.74) is 2.01. The maximum atomic E-state index is 10.4. The first-order valence-corrected chi connectivity index (χ1v) is 6.85. The Balaban J connectivity index is 0.000000399. The van der Waals surface area contributed by atoms with Gasteiger partial charge in [0, 0.05) is 13.3 Å². The fourth-order valence-electron chi connectivity index (χ4n) is 3.20. The van der Waals surface area contributed by atoms with Crippen molar-refractivity contribution in [3.8, 4) is 0 Å². The third kappa shape index (κ3) is 4.08. The predicted molar refractivity (Wildman–Crippen MR) is 72.9 cm³/mol. The average Bonchev–Trinajstić information content (AvgIpc) is 2.27. The molecule has 0 amide bonds. The van der Waals surface area contributed by atoms with Gasteiger partial charge in [0.15, 0.2) is 0 Å². The van der Waals surface area contributed by atoms with E-state index in [0.29, 0.717) is 11.8 Å². The summed E-state index contributed by atoms with van der Waals surface area (Å²) in [6.07, 6.45) is 7.03. The Labute approximate surface area is 114 Å². The molecule has 4 heteroatoms. The Bertz CT molecular complexity index is 378. The van der Waals surface area contributed by atoms with Crippen LogP contribution in [-0.2, 0) is 9.59 Å². The van der Waals surface area contributed by atoms with Crippen molar-refractivity contribution in [1.29, 1.82) is 0 Å². The summed E-state index contributed by atoms with van der Waals surface area (Å²) in [7, 11) is 0. The maximum Gasteiger partial charge on any atom is 0.303 e. The quantitative estimate of drug-likeness (QED) is 0.767. The first-order valence-electron chi connectivity index (χ1n) is 6.85. The first-order chi connectivity index (χ1) is 8.75. The summed E-state index contributed by atoms with van der Waals surface area (Å²) in [6, 6.07) is 0. The summed E-state index contributed by atoms with van der Waals surface area (Å²) in [5, 5.41) is 16.0. The zero-order valence-corrected chi connectivity index (χ0v) is 12.0. The van der Waals surface area contributed by atoms with Crippen LogP contribution in [0, 0.1) is 17.3 Å². The van der Waals surface area contributed by atoms with Crippen LogP contribution in [0.3, 0.4) is 0 Å². The lowest BCUT2D eigenvalue weighted by Gasteiger charge is -2.56. The summed E-state index contributed by atoms with van der Waals surface area (Å²) >= 11 is 0. The highest BCUT2D eigenvalue weighted by Crippen LogP contribution is 2.59. The molecule has 0 aromatic carbocycles. The van der Waals surface area contributed by atoms with Crippen molar-refractivity contribution >= 4 is 11.9 Å². The lowest BCUT2D eigenvalue weighted by molar-refractivity contribution is -0.137. The number of hydrogen-bond acceptors (Lipinski definition) is 2. The van der Waals surface area contributed by atoms with Gasteiger partial charge in [0.2, 0.25) is 0 Å². The molecule has 0 heterocycles. The van der Waals surface area contributed by atoms with Crippen LogP contribution in [0.4, 0.5) is 0 Å². The second-order valence-corrected chi connectivity index (χ2v) is 6.09. The molecule has 0 spiro atoms. The molecule has 1 fully saturated rings. The molecule has 3 rings (SSSR count). The molecule has 3 aliphatic rings. The monoisotopic (exact) mass is 268 g/mol. The molecule has 3 aliphatic carbocycles. The molecule has 0 aromatic rings. The Morgan fingerprint density at radius 3 is 2.37 bits per heavy atom. The van der Waals surface area contributed by atoms with Crippen LogP contribution in [0.1, 0.15) is 52.9 Å². The van der Waals surface area contributed by atoms with Gasteiger partial charge in [-0.05, 0) is 42.9 Å². The van der Waals surface area contributed by atoms with Crippen LogP contribution in [0.2, 0.25) is 0 Å². The molecule has 0 saturated heterocycles. The fraction of sp³-hybridized carbons (Fsp3) is 0.733. The smallest absolute Gasteiger partial charge is 0.303 e. The number of carbonyl (C=O) groups is 2. The van der Waals surface area contributed by atoms with Gasteiger partial charge in [-0.25, -0.2) is 0 Å². The van der Waals surface area contributed by atoms with Crippen molar-refractivity contribution in [2.75, 3.05) is 0 Å². The molecule has 4 nitrogen and oxygen atoms in total. The highest BCUT2D eigenvalue weighted by atomic mass is 16.4. The van der Waals surface area contributed by atoms with Crippen LogP contribution >= 0.6 is 0 Å². The molecule has 2 atom stereocenters. The molecule has 2 N–H and O–H groups in total. The number of rotatable bonds is 4. The van der Waals surface area contributed by atoms with Gasteiger partial charge in [-0.15, -0.1) is 0 Å². The molecule has 0 aromatic heterocycles. The Kier molecular flexibility index (Phi) is 5.15. The molecule has 1 saturated carbocycles. The van der Waals surface area contributed by atoms with Crippen LogP contribution in [0.15, 0.2) is 11.6 Å². The minimum Gasteiger partial charge on any atom is -0.481 e. The first kappa shape index (κ1) is 15.7. The third-order valence-corrected chi connectivity index (χ3v) is 4.44. The highest BCUT2D eigenvalue weighted by molar-refractivity contribution is 5.66. The van der Waals surface area contributed by atoms with Crippen molar-refractivity contribution in [2.24, 2.45) is 17.3 Å². The van der Waals surface area contributed by atoms with Gasteiger partial charge in [-0.3, -0.25) is 9.59 Å². The van der Waals surface area contributed by atoms with Crippen molar-refractivity contribution in [1.82, 2.24) is 0 Å². The lowest BCUT2D eigenvalue weighted by atomic mass is 9.48. The largest absolute Gasteiger partial charge is 0.481 e. The molecule has 19 heavy (non-hydrogen) atoms. The van der Waals surface area contributed by atoms with Crippen LogP contribution in [0.25, 0.3) is 0 Å². The Morgan fingerprint density at radius 1 is 1.37 bits per heavy atom. The second kappa shape index (κ2) is 6.22. The number of fused-ring (bicyclic) bond motifs is 1. The van der Waals surface area contributed by atoms with Gasteiger partial charge < -0.3 is 10.2 Å². The van der Waals surface area contributed by atoms with Crippen LogP contribution in [-0.4, -0.2) is 22.2 Å². The maximum absolute atomic E-state index is 10.4. The van der Waals surface area contributed by atoms with Gasteiger partial charge >= 0.3 is 5.97 Å². The van der Waals surface area contributed by atoms with E-state index in [9.17, 15) is 4.79 Å². The fourth-order valence-corrected chi connectivity index (χ4v) is 3.20. The predicted octanol–water partition coefficient (Wildman–Crippen LogP) is 3.32. The van der Waals surface area contributed by atoms with Gasteiger partial charge in [0.25, 0.3) is 5.97 Å². The molecular formula is C15H24O4. The second-order valence-electron chi connectivity index (χ2n) is 6.09. The normalized spacial score (nSPS) is 26.4. The van der Waals surface area contributed by atoms with E-state index in [2.05, 4.69) is 19.9 Å². The van der Waals surface area contributed by atoms with E-state index in [1.54, 1.807) is 0 Å². The summed E-state index contributed by atoms with van der Waals surface area (Å²) in [4.78, 5) is 19.4. The van der Waals surface area contributed by atoms with Crippen LogP contribution in [0.5, 0.6) is 0 Å². The molecule has 108 valence electrons. The highest BCUT2D eigenvalue weighted by Gasteiger charge is 2.50. The molecule has 2 bridgehead atoms. The SMILES string of the molecule is CC(=O)O.CC1(C)C2CC=C(CCCC(=O)O)C1C2. The van der Waals surface area contributed by atoms with Crippen molar-refractivity contribution in [3.63, 3.8) is 0 Å². The number of allylic oxidation sites excluding steroid dienone is 2. The summed E-state index contributed by atoms with van der Waals surface area (Å²) in [6.45, 7) is 5.80. The molecule has 2 unspecified atom stereocenters. The minimum atomic E-state index is -0.833. The van der Waals surface area contributed by atoms with E-state index in [1.165, 1.54) is 18.4 Å². The topological polar surface area (TPSA) is 74.6 Å². The summed E-state index contributed by atoms with van der Waals surface area (Å²) in [5.74, 6) is 0.118. The van der Waals surface area contributed by atoms with Crippen molar-refractivity contribution < 1.29 is 19.8 Å². The van der Waals surface area contributed by atoms with E-state index < -0.39 is 11.9 Å². The van der Waals surface area contributed by atoms with E-state index in [0.717, 1.165) is 31.6 Å². The lowest BCUT2D eigenvalue weighted by Crippen LogP contribution is -2.48.